The molecule has 4 N–H and O–H groups in total. The quantitative estimate of drug-likeness (QED) is 0.689. The topological polar surface area (TPSA) is 113 Å². The lowest BCUT2D eigenvalue weighted by Crippen LogP contribution is -2.52. The van der Waals surface area contributed by atoms with Crippen LogP contribution in [-0.4, -0.2) is 53.0 Å². The Kier molecular flexibility index (Phi) is 7.29. The molecule has 3 atom stereocenters. The summed E-state index contributed by atoms with van der Waals surface area (Å²) in [5, 5.41) is 13.6. The van der Waals surface area contributed by atoms with Crippen molar-refractivity contribution < 1.29 is 19.5 Å². The Balaban J connectivity index is 2.26. The highest BCUT2D eigenvalue weighted by Gasteiger charge is 2.36. The van der Waals surface area contributed by atoms with Gasteiger partial charge >= 0.3 is 0 Å². The van der Waals surface area contributed by atoms with Crippen LogP contribution in [0, 0.1) is 5.92 Å². The maximum Gasteiger partial charge on any atom is 0.260 e. The van der Waals surface area contributed by atoms with Gasteiger partial charge in [-0.25, -0.2) is 0 Å². The van der Waals surface area contributed by atoms with Crippen LogP contribution in [0.15, 0.2) is 30.3 Å². The summed E-state index contributed by atoms with van der Waals surface area (Å²) in [5.41, 5.74) is 5.60. The molecule has 26 heavy (non-hydrogen) atoms. The smallest absolute Gasteiger partial charge is 0.260 e. The van der Waals surface area contributed by atoms with Gasteiger partial charge in [0.05, 0.1) is 12.1 Å². The third-order valence-electron chi connectivity index (χ3n) is 4.56. The minimum absolute atomic E-state index is 0.0260. The van der Waals surface area contributed by atoms with Gasteiger partial charge in [0.2, 0.25) is 11.8 Å². The third-order valence-corrected chi connectivity index (χ3v) is 4.56. The SMILES string of the molecule is C[C@@H](CC(N)=O)CC(=O)N(C(=O)c1ccccc1)C1CCCNCC1O. The molecule has 1 aliphatic rings. The predicted molar refractivity (Wildman–Crippen MR) is 97.1 cm³/mol. The molecular formula is C19H27N3O4. The Morgan fingerprint density at radius 3 is 2.62 bits per heavy atom. The second kappa shape index (κ2) is 9.45. The number of amides is 3. The van der Waals surface area contributed by atoms with Gasteiger partial charge in [-0.05, 0) is 37.4 Å². The lowest BCUT2D eigenvalue weighted by atomic mass is 9.98. The first-order valence-corrected chi connectivity index (χ1v) is 8.98. The highest BCUT2D eigenvalue weighted by molar-refractivity contribution is 6.05. The van der Waals surface area contributed by atoms with Gasteiger partial charge in [-0.15, -0.1) is 0 Å². The largest absolute Gasteiger partial charge is 0.390 e. The molecule has 7 heteroatoms. The number of nitrogens with two attached hydrogens (primary N) is 1. The molecule has 2 rings (SSSR count). The van der Waals surface area contributed by atoms with Crippen LogP contribution in [0.1, 0.15) is 43.0 Å². The van der Waals surface area contributed by atoms with E-state index in [2.05, 4.69) is 5.32 Å². The number of β-amino-alcohol motifs (C(OH)–C–C–N with tert-alkyl or cyclic N) is 1. The zero-order valence-electron chi connectivity index (χ0n) is 15.1. The molecule has 0 aromatic heterocycles. The van der Waals surface area contributed by atoms with Crippen LogP contribution < -0.4 is 11.1 Å². The number of hydrogen-bond acceptors (Lipinski definition) is 5. The number of aliphatic hydroxyl groups excluding tert-OH is 1. The second-order valence-electron chi connectivity index (χ2n) is 6.90. The Morgan fingerprint density at radius 2 is 1.96 bits per heavy atom. The van der Waals surface area contributed by atoms with Crippen LogP contribution in [-0.2, 0) is 9.59 Å². The minimum atomic E-state index is -0.833. The van der Waals surface area contributed by atoms with E-state index in [1.807, 2.05) is 0 Å². The van der Waals surface area contributed by atoms with Crippen molar-refractivity contribution in [2.24, 2.45) is 11.7 Å². The van der Waals surface area contributed by atoms with E-state index < -0.39 is 29.9 Å². The Bertz CT molecular complexity index is 635. The first-order valence-electron chi connectivity index (χ1n) is 8.98. The minimum Gasteiger partial charge on any atom is -0.390 e. The van der Waals surface area contributed by atoms with E-state index in [-0.39, 0.29) is 18.8 Å². The van der Waals surface area contributed by atoms with Gasteiger partial charge in [0.15, 0.2) is 0 Å². The second-order valence-corrected chi connectivity index (χ2v) is 6.90. The molecule has 0 bridgehead atoms. The van der Waals surface area contributed by atoms with Crippen molar-refractivity contribution in [3.8, 4) is 0 Å². The molecule has 1 saturated heterocycles. The number of nitrogens with zero attached hydrogens (tertiary/aromatic N) is 1. The Hall–Kier alpha value is -2.25. The predicted octanol–water partition coefficient (Wildman–Crippen LogP) is 0.670. The van der Waals surface area contributed by atoms with Crippen LogP contribution >= 0.6 is 0 Å². The number of carbonyl (C=O) groups is 3. The highest BCUT2D eigenvalue weighted by atomic mass is 16.3. The standard InChI is InChI=1S/C19H27N3O4/c1-13(10-17(20)24)11-18(25)22(15-8-5-9-21-12-16(15)23)19(26)14-6-3-2-4-7-14/h2-4,6-7,13,15-16,21,23H,5,8-12H2,1H3,(H2,20,24)/t13-,15?,16?/m0/s1. The van der Waals surface area contributed by atoms with E-state index in [1.54, 1.807) is 37.3 Å². The van der Waals surface area contributed by atoms with Crippen LogP contribution in [0.25, 0.3) is 0 Å². The molecule has 0 saturated carbocycles. The summed E-state index contributed by atoms with van der Waals surface area (Å²) in [6.07, 6.45) is 0.555. The number of nitrogens with one attached hydrogen (secondary N) is 1. The summed E-state index contributed by atoms with van der Waals surface area (Å²) in [6, 6.07) is 7.97. The number of carbonyl (C=O) groups excluding carboxylic acids is 3. The zero-order valence-corrected chi connectivity index (χ0v) is 15.1. The summed E-state index contributed by atoms with van der Waals surface area (Å²) < 4.78 is 0. The number of primary amides is 1. The fourth-order valence-corrected chi connectivity index (χ4v) is 3.30. The van der Waals surface area contributed by atoms with Crippen LogP contribution in [0.2, 0.25) is 0 Å². The van der Waals surface area contributed by atoms with Gasteiger partial charge in [0.25, 0.3) is 5.91 Å². The number of imide groups is 1. The summed E-state index contributed by atoms with van der Waals surface area (Å²) in [6.45, 7) is 2.81. The number of rotatable bonds is 6. The van der Waals surface area contributed by atoms with Crippen molar-refractivity contribution in [1.29, 1.82) is 0 Å². The third kappa shape index (κ3) is 5.37. The van der Waals surface area contributed by atoms with Gasteiger partial charge in [-0.2, -0.15) is 0 Å². The Morgan fingerprint density at radius 1 is 1.27 bits per heavy atom. The lowest BCUT2D eigenvalue weighted by Gasteiger charge is -2.33. The molecule has 1 aliphatic heterocycles. The van der Waals surface area contributed by atoms with E-state index in [9.17, 15) is 19.5 Å². The monoisotopic (exact) mass is 361 g/mol. The summed E-state index contributed by atoms with van der Waals surface area (Å²) >= 11 is 0. The fourth-order valence-electron chi connectivity index (χ4n) is 3.30. The lowest BCUT2D eigenvalue weighted by molar-refractivity contribution is -0.133. The first-order chi connectivity index (χ1) is 12.4. The maximum absolute atomic E-state index is 13.0. The highest BCUT2D eigenvalue weighted by Crippen LogP contribution is 2.21. The maximum atomic E-state index is 13.0. The number of benzene rings is 1. The van der Waals surface area contributed by atoms with Crippen molar-refractivity contribution in [1.82, 2.24) is 10.2 Å². The van der Waals surface area contributed by atoms with Gasteiger partial charge in [0.1, 0.15) is 0 Å². The van der Waals surface area contributed by atoms with Crippen LogP contribution in [0.3, 0.4) is 0 Å². The zero-order chi connectivity index (χ0) is 19.1. The van der Waals surface area contributed by atoms with Crippen molar-refractivity contribution in [3.05, 3.63) is 35.9 Å². The van der Waals surface area contributed by atoms with E-state index in [0.29, 0.717) is 18.5 Å². The van der Waals surface area contributed by atoms with E-state index in [0.717, 1.165) is 13.0 Å². The average molecular weight is 361 g/mol. The number of hydrogen-bond donors (Lipinski definition) is 3. The van der Waals surface area contributed by atoms with Crippen LogP contribution in [0.4, 0.5) is 0 Å². The van der Waals surface area contributed by atoms with E-state index in [1.165, 1.54) is 4.90 Å². The van der Waals surface area contributed by atoms with E-state index in [4.69, 9.17) is 5.73 Å². The van der Waals surface area contributed by atoms with Crippen molar-refractivity contribution >= 4 is 17.7 Å². The molecule has 1 aromatic rings. The van der Waals surface area contributed by atoms with Crippen molar-refractivity contribution in [2.45, 2.75) is 44.8 Å². The summed E-state index contributed by atoms with van der Waals surface area (Å²) in [5.74, 6) is -1.57. The Labute approximate surface area is 153 Å². The van der Waals surface area contributed by atoms with Gasteiger partial charge < -0.3 is 16.2 Å². The van der Waals surface area contributed by atoms with E-state index >= 15 is 0 Å². The molecule has 3 amide bonds. The number of aliphatic hydroxyl groups is 1. The fraction of sp³-hybridized carbons (Fsp3) is 0.526. The molecule has 0 spiro atoms. The molecule has 7 nitrogen and oxygen atoms in total. The first kappa shape index (κ1) is 20.1. The molecule has 142 valence electrons. The summed E-state index contributed by atoms with van der Waals surface area (Å²) in [7, 11) is 0. The van der Waals surface area contributed by atoms with Gasteiger partial charge in [0, 0.05) is 24.9 Å². The molecule has 1 fully saturated rings. The van der Waals surface area contributed by atoms with Gasteiger partial charge in [-0.1, -0.05) is 25.1 Å². The van der Waals surface area contributed by atoms with Crippen molar-refractivity contribution in [3.63, 3.8) is 0 Å². The normalized spacial score (nSPS) is 21.5. The summed E-state index contributed by atoms with van der Waals surface area (Å²) in [4.78, 5) is 38.2. The van der Waals surface area contributed by atoms with Crippen molar-refractivity contribution in [2.75, 3.05) is 13.1 Å². The molecular weight excluding hydrogens is 334 g/mol. The molecule has 0 radical (unpaired) electrons. The molecule has 1 heterocycles. The average Bonchev–Trinajstić information content (AvgIpc) is 2.80. The molecule has 2 unspecified atom stereocenters. The molecule has 1 aromatic carbocycles. The molecule has 0 aliphatic carbocycles. The van der Waals surface area contributed by atoms with Crippen LogP contribution in [0.5, 0.6) is 0 Å². The van der Waals surface area contributed by atoms with Gasteiger partial charge in [-0.3, -0.25) is 19.3 Å².